The van der Waals surface area contributed by atoms with Gasteiger partial charge in [-0.25, -0.2) is 0 Å². The van der Waals surface area contributed by atoms with Crippen LogP contribution in [0.25, 0.3) is 0 Å². The van der Waals surface area contributed by atoms with Gasteiger partial charge in [0.15, 0.2) is 0 Å². The van der Waals surface area contributed by atoms with Gasteiger partial charge in [-0.2, -0.15) is 0 Å². The average molecular weight is 460 g/mol. The monoisotopic (exact) mass is 459 g/mol. The summed E-state index contributed by atoms with van der Waals surface area (Å²) in [5, 5.41) is 0. The maximum atomic E-state index is 5.90. The van der Waals surface area contributed by atoms with E-state index in [-0.39, 0.29) is 0 Å². The molecule has 5 heteroatoms. The molecule has 4 nitrogen and oxygen atoms in total. The van der Waals surface area contributed by atoms with Crippen molar-refractivity contribution in [3.8, 4) is 0 Å². The van der Waals surface area contributed by atoms with Gasteiger partial charge in [-0.1, -0.05) is 104 Å². The van der Waals surface area contributed by atoms with E-state index in [0.29, 0.717) is 11.6 Å². The molecule has 0 aromatic heterocycles. The molecule has 0 aliphatic rings. The predicted molar refractivity (Wildman–Crippen MR) is 138 cm³/mol. The lowest BCUT2D eigenvalue weighted by molar-refractivity contribution is 0.101. The molecule has 0 aromatic rings. The molecule has 0 aromatic carbocycles. The first-order valence-corrected chi connectivity index (χ1v) is 15.1. The van der Waals surface area contributed by atoms with E-state index in [1.54, 1.807) is 21.3 Å². The van der Waals surface area contributed by atoms with E-state index in [9.17, 15) is 0 Å². The highest BCUT2D eigenvalue weighted by molar-refractivity contribution is 6.62. The van der Waals surface area contributed by atoms with E-state index in [4.69, 9.17) is 13.3 Å². The Labute approximate surface area is 197 Å². The molecule has 0 spiro atoms. The molecule has 2 atom stereocenters. The average Bonchev–Trinajstić information content (AvgIpc) is 2.77. The highest BCUT2D eigenvalue weighted by Gasteiger charge is 2.47. The molecule has 0 rings (SSSR count). The van der Waals surface area contributed by atoms with Crippen molar-refractivity contribution in [3.05, 3.63) is 0 Å². The summed E-state index contributed by atoms with van der Waals surface area (Å²) in [4.78, 5) is 2.36. The fraction of sp³-hybridized carbons (Fsp3) is 1.00. The minimum Gasteiger partial charge on any atom is -0.377 e. The quantitative estimate of drug-likeness (QED) is 0.115. The lowest BCUT2D eigenvalue weighted by Gasteiger charge is -2.36. The van der Waals surface area contributed by atoms with Crippen molar-refractivity contribution >= 4 is 8.80 Å². The van der Waals surface area contributed by atoms with Crippen LogP contribution in [0.15, 0.2) is 0 Å². The summed E-state index contributed by atoms with van der Waals surface area (Å²) in [6, 6.07) is 0.560. The Bertz CT molecular complexity index is 369. The van der Waals surface area contributed by atoms with Crippen molar-refractivity contribution in [2.75, 3.05) is 35.4 Å². The SMILES string of the molecule is CCCCCCCCCCCCCCCC(CC(CCC)N(C)C)[Si](OC)(OC)OC. The maximum Gasteiger partial charge on any atom is 0.503 e. The molecule has 0 aliphatic carbocycles. The van der Waals surface area contributed by atoms with Crippen LogP contribution in [-0.4, -0.2) is 55.2 Å². The smallest absolute Gasteiger partial charge is 0.377 e. The Morgan fingerprint density at radius 2 is 1.00 bits per heavy atom. The van der Waals surface area contributed by atoms with Crippen molar-refractivity contribution in [2.24, 2.45) is 0 Å². The van der Waals surface area contributed by atoms with Crippen molar-refractivity contribution in [3.63, 3.8) is 0 Å². The summed E-state index contributed by atoms with van der Waals surface area (Å²) >= 11 is 0. The molecule has 0 amide bonds. The molecule has 0 radical (unpaired) electrons. The first-order valence-electron chi connectivity index (χ1n) is 13.3. The van der Waals surface area contributed by atoms with Crippen LogP contribution in [0.3, 0.4) is 0 Å². The van der Waals surface area contributed by atoms with Crippen LogP contribution in [0.4, 0.5) is 0 Å². The number of nitrogens with zero attached hydrogens (tertiary/aromatic N) is 1. The highest BCUT2D eigenvalue weighted by atomic mass is 28.4. The van der Waals surface area contributed by atoms with E-state index >= 15 is 0 Å². The van der Waals surface area contributed by atoms with E-state index < -0.39 is 8.80 Å². The Morgan fingerprint density at radius 1 is 0.581 bits per heavy atom. The predicted octanol–water partition coefficient (Wildman–Crippen LogP) is 7.84. The number of hydrogen-bond acceptors (Lipinski definition) is 4. The van der Waals surface area contributed by atoms with Crippen LogP contribution in [0, 0.1) is 0 Å². The van der Waals surface area contributed by atoms with Crippen LogP contribution in [-0.2, 0) is 13.3 Å². The second-order valence-corrected chi connectivity index (χ2v) is 12.8. The van der Waals surface area contributed by atoms with Crippen molar-refractivity contribution in [1.29, 1.82) is 0 Å². The van der Waals surface area contributed by atoms with Gasteiger partial charge < -0.3 is 18.2 Å². The number of hydrogen-bond donors (Lipinski definition) is 0. The van der Waals surface area contributed by atoms with Crippen molar-refractivity contribution in [2.45, 2.75) is 135 Å². The molecular formula is C26H57NO3Si. The van der Waals surface area contributed by atoms with Crippen LogP contribution < -0.4 is 0 Å². The second-order valence-electron chi connectivity index (χ2n) is 9.59. The largest absolute Gasteiger partial charge is 0.503 e. The van der Waals surface area contributed by atoms with Crippen LogP contribution in [0.2, 0.25) is 5.54 Å². The third kappa shape index (κ3) is 14.0. The Hall–Kier alpha value is 0.0569. The molecule has 0 fully saturated rings. The topological polar surface area (TPSA) is 30.9 Å². The van der Waals surface area contributed by atoms with Crippen molar-refractivity contribution < 1.29 is 13.3 Å². The van der Waals surface area contributed by atoms with Gasteiger partial charge in [-0.3, -0.25) is 0 Å². The van der Waals surface area contributed by atoms with Gasteiger partial charge in [0, 0.05) is 32.9 Å². The van der Waals surface area contributed by atoms with Crippen LogP contribution in [0.5, 0.6) is 0 Å². The van der Waals surface area contributed by atoms with Gasteiger partial charge in [0.25, 0.3) is 0 Å². The zero-order valence-corrected chi connectivity index (χ0v) is 23.3. The molecule has 0 aliphatic heterocycles. The normalized spacial score (nSPS) is 14.3. The Kier molecular flexibility index (Phi) is 20.7. The molecule has 0 heterocycles. The van der Waals surface area contributed by atoms with Gasteiger partial charge in [-0.15, -0.1) is 0 Å². The third-order valence-corrected chi connectivity index (χ3v) is 10.1. The zero-order valence-electron chi connectivity index (χ0n) is 22.3. The van der Waals surface area contributed by atoms with Crippen LogP contribution >= 0.6 is 0 Å². The standard InChI is InChI=1S/C26H57NO3Si/c1-8-10-11-12-13-14-15-16-17-18-19-20-21-23-26(31(28-5,29-6)30-7)24-25(22-9-2)27(3)4/h25-26H,8-24H2,1-7H3. The molecular weight excluding hydrogens is 402 g/mol. The summed E-state index contributed by atoms with van der Waals surface area (Å²) < 4.78 is 17.7. The first kappa shape index (κ1) is 31.1. The van der Waals surface area contributed by atoms with Gasteiger partial charge in [-0.05, 0) is 33.4 Å². The van der Waals surface area contributed by atoms with Crippen molar-refractivity contribution in [1.82, 2.24) is 4.90 Å². The lowest BCUT2D eigenvalue weighted by atomic mass is 10.0. The molecule has 0 bridgehead atoms. The van der Waals surface area contributed by atoms with Crippen LogP contribution in [0.1, 0.15) is 123 Å². The van der Waals surface area contributed by atoms with E-state index in [2.05, 4.69) is 32.8 Å². The van der Waals surface area contributed by atoms with Gasteiger partial charge in [0.2, 0.25) is 0 Å². The van der Waals surface area contributed by atoms with E-state index in [1.807, 2.05) is 0 Å². The first-order chi connectivity index (χ1) is 15.0. The molecule has 0 N–H and O–H groups in total. The lowest BCUT2D eigenvalue weighted by Crippen LogP contribution is -2.49. The van der Waals surface area contributed by atoms with E-state index in [0.717, 1.165) is 12.8 Å². The van der Waals surface area contributed by atoms with E-state index in [1.165, 1.54) is 96.3 Å². The summed E-state index contributed by atoms with van der Waals surface area (Å²) in [7, 11) is 7.06. The minimum atomic E-state index is -2.61. The summed E-state index contributed by atoms with van der Waals surface area (Å²) in [6.07, 6.45) is 22.8. The Balaban J connectivity index is 4.23. The third-order valence-electron chi connectivity index (χ3n) is 6.92. The maximum absolute atomic E-state index is 5.90. The summed E-state index contributed by atoms with van der Waals surface area (Å²) in [5.74, 6) is 0. The molecule has 0 saturated carbocycles. The molecule has 2 unspecified atom stereocenters. The summed E-state index contributed by atoms with van der Waals surface area (Å²) in [6.45, 7) is 4.56. The van der Waals surface area contributed by atoms with Gasteiger partial charge >= 0.3 is 8.80 Å². The molecule has 188 valence electrons. The molecule has 0 saturated heterocycles. The minimum absolute atomic E-state index is 0.374. The Morgan fingerprint density at radius 3 is 1.35 bits per heavy atom. The van der Waals surface area contributed by atoms with Gasteiger partial charge in [0.05, 0.1) is 0 Å². The zero-order chi connectivity index (χ0) is 23.4. The number of rotatable bonds is 23. The molecule has 31 heavy (non-hydrogen) atoms. The number of unbranched alkanes of at least 4 members (excludes halogenated alkanes) is 12. The summed E-state index contributed by atoms with van der Waals surface area (Å²) in [5.41, 5.74) is 0.374. The van der Waals surface area contributed by atoms with Gasteiger partial charge in [0.1, 0.15) is 0 Å². The second kappa shape index (κ2) is 20.6. The fourth-order valence-electron chi connectivity index (χ4n) is 4.85. The fourth-order valence-corrected chi connectivity index (χ4v) is 7.46. The highest BCUT2D eigenvalue weighted by Crippen LogP contribution is 2.35.